The quantitative estimate of drug-likeness (QED) is 0.381. The molecule has 2 rings (SSSR count). The highest BCUT2D eigenvalue weighted by Gasteiger charge is 2.17. The minimum atomic E-state index is -1.11. The summed E-state index contributed by atoms with van der Waals surface area (Å²) in [6, 6.07) is 7.27. The molecule has 0 saturated heterocycles. The minimum Gasteiger partial charge on any atom is -0.493 e. The Hall–Kier alpha value is -2.63. The lowest BCUT2D eigenvalue weighted by Gasteiger charge is -2.12. The number of benzene rings is 1. The SMILES string of the molecule is CCCCCCCCOc1cnc(C(=O)O)c(-c2ccc(OC[C@@H](C)CC)cc2)n1. The summed E-state index contributed by atoms with van der Waals surface area (Å²) in [5.41, 5.74) is 0.882. The van der Waals surface area contributed by atoms with E-state index in [1.165, 1.54) is 31.9 Å². The zero-order valence-electron chi connectivity index (χ0n) is 18.4. The average molecular weight is 415 g/mol. The van der Waals surface area contributed by atoms with Gasteiger partial charge in [0.15, 0.2) is 5.69 Å². The number of carboxylic acids is 1. The van der Waals surface area contributed by atoms with E-state index in [1.807, 2.05) is 12.1 Å². The molecule has 1 aromatic carbocycles. The molecule has 0 bridgehead atoms. The summed E-state index contributed by atoms with van der Waals surface area (Å²) in [5.74, 6) is 0.465. The van der Waals surface area contributed by atoms with Crippen molar-refractivity contribution in [3.63, 3.8) is 0 Å². The van der Waals surface area contributed by atoms with E-state index in [2.05, 4.69) is 30.7 Å². The van der Waals surface area contributed by atoms with Gasteiger partial charge in [0.1, 0.15) is 11.4 Å². The lowest BCUT2D eigenvalue weighted by molar-refractivity contribution is 0.0691. The third kappa shape index (κ3) is 7.65. The Morgan fingerprint density at radius 1 is 1.03 bits per heavy atom. The summed E-state index contributed by atoms with van der Waals surface area (Å²) < 4.78 is 11.5. The second kappa shape index (κ2) is 12.8. The van der Waals surface area contributed by atoms with E-state index in [0.717, 1.165) is 25.0 Å². The maximum atomic E-state index is 11.6. The molecule has 1 atom stereocenters. The Bertz CT molecular complexity index is 777. The molecule has 0 fully saturated rings. The van der Waals surface area contributed by atoms with Crippen molar-refractivity contribution < 1.29 is 19.4 Å². The molecule has 164 valence electrons. The van der Waals surface area contributed by atoms with Gasteiger partial charge in [-0.1, -0.05) is 59.3 Å². The third-order valence-electron chi connectivity index (χ3n) is 5.06. The number of nitrogens with zero attached hydrogens (tertiary/aromatic N) is 2. The predicted octanol–water partition coefficient (Wildman–Crippen LogP) is 6.01. The van der Waals surface area contributed by atoms with Crippen molar-refractivity contribution in [3.05, 3.63) is 36.2 Å². The van der Waals surface area contributed by atoms with Gasteiger partial charge in [-0.05, 0) is 36.6 Å². The first-order valence-corrected chi connectivity index (χ1v) is 11.0. The fourth-order valence-electron chi connectivity index (χ4n) is 2.92. The van der Waals surface area contributed by atoms with E-state index in [-0.39, 0.29) is 5.69 Å². The zero-order chi connectivity index (χ0) is 21.8. The van der Waals surface area contributed by atoms with Gasteiger partial charge in [-0.3, -0.25) is 0 Å². The maximum Gasteiger partial charge on any atom is 0.356 e. The van der Waals surface area contributed by atoms with Crippen LogP contribution >= 0.6 is 0 Å². The Kier molecular flexibility index (Phi) is 10.1. The first kappa shape index (κ1) is 23.6. The van der Waals surface area contributed by atoms with E-state index < -0.39 is 5.97 Å². The number of carboxylic acid groups (broad SMARTS) is 1. The summed E-state index contributed by atoms with van der Waals surface area (Å²) >= 11 is 0. The minimum absolute atomic E-state index is 0.0878. The molecule has 1 N–H and O–H groups in total. The van der Waals surface area contributed by atoms with Crippen molar-refractivity contribution in [2.75, 3.05) is 13.2 Å². The van der Waals surface area contributed by atoms with E-state index in [0.29, 0.717) is 36.3 Å². The number of hydrogen-bond acceptors (Lipinski definition) is 5. The van der Waals surface area contributed by atoms with Crippen LogP contribution in [0.1, 0.15) is 76.2 Å². The van der Waals surface area contributed by atoms with Gasteiger partial charge in [0, 0.05) is 5.56 Å². The fourth-order valence-corrected chi connectivity index (χ4v) is 2.92. The molecule has 0 radical (unpaired) electrons. The van der Waals surface area contributed by atoms with Gasteiger partial charge >= 0.3 is 5.97 Å². The monoisotopic (exact) mass is 414 g/mol. The van der Waals surface area contributed by atoms with Crippen LogP contribution in [0, 0.1) is 5.92 Å². The van der Waals surface area contributed by atoms with Crippen LogP contribution in [-0.4, -0.2) is 34.3 Å². The summed E-state index contributed by atoms with van der Waals surface area (Å²) in [4.78, 5) is 20.1. The first-order chi connectivity index (χ1) is 14.5. The van der Waals surface area contributed by atoms with Crippen LogP contribution in [0.3, 0.4) is 0 Å². The second-order valence-electron chi connectivity index (χ2n) is 7.68. The van der Waals surface area contributed by atoms with Crippen molar-refractivity contribution in [1.29, 1.82) is 0 Å². The molecule has 1 heterocycles. The van der Waals surface area contributed by atoms with Gasteiger partial charge in [-0.2, -0.15) is 0 Å². The molecule has 6 heteroatoms. The van der Waals surface area contributed by atoms with Crippen molar-refractivity contribution in [1.82, 2.24) is 9.97 Å². The van der Waals surface area contributed by atoms with Gasteiger partial charge in [0.25, 0.3) is 0 Å². The van der Waals surface area contributed by atoms with E-state index in [1.54, 1.807) is 12.1 Å². The molecule has 30 heavy (non-hydrogen) atoms. The molecule has 0 unspecified atom stereocenters. The van der Waals surface area contributed by atoms with Crippen molar-refractivity contribution in [2.24, 2.45) is 5.92 Å². The summed E-state index contributed by atoms with van der Waals surface area (Å²) in [7, 11) is 0. The summed E-state index contributed by atoms with van der Waals surface area (Å²) in [6.07, 6.45) is 9.47. The Balaban J connectivity index is 2.02. The molecule has 0 spiro atoms. The predicted molar refractivity (Wildman–Crippen MR) is 118 cm³/mol. The molecular weight excluding hydrogens is 380 g/mol. The van der Waals surface area contributed by atoms with Crippen molar-refractivity contribution in [3.8, 4) is 22.9 Å². The molecule has 6 nitrogen and oxygen atoms in total. The second-order valence-corrected chi connectivity index (χ2v) is 7.68. The van der Waals surface area contributed by atoms with Crippen LogP contribution in [0.25, 0.3) is 11.3 Å². The number of rotatable bonds is 14. The Morgan fingerprint density at radius 3 is 2.40 bits per heavy atom. The highest BCUT2D eigenvalue weighted by molar-refractivity contribution is 5.92. The highest BCUT2D eigenvalue weighted by atomic mass is 16.5. The van der Waals surface area contributed by atoms with Crippen LogP contribution in [-0.2, 0) is 0 Å². The number of carbonyl (C=O) groups is 1. The largest absolute Gasteiger partial charge is 0.493 e. The van der Waals surface area contributed by atoms with Crippen molar-refractivity contribution >= 4 is 5.97 Å². The summed E-state index contributed by atoms with van der Waals surface area (Å²) in [6.45, 7) is 7.67. The van der Waals surface area contributed by atoms with Crippen LogP contribution in [0.4, 0.5) is 0 Å². The van der Waals surface area contributed by atoms with Gasteiger partial charge in [-0.15, -0.1) is 0 Å². The lowest BCUT2D eigenvalue weighted by atomic mass is 10.1. The van der Waals surface area contributed by atoms with Gasteiger partial charge < -0.3 is 14.6 Å². The molecule has 0 aliphatic carbocycles. The molecule has 0 aliphatic rings. The van der Waals surface area contributed by atoms with Crippen molar-refractivity contribution in [2.45, 2.75) is 65.7 Å². The fraction of sp³-hybridized carbons (Fsp3) is 0.542. The molecule has 0 saturated carbocycles. The average Bonchev–Trinajstić information content (AvgIpc) is 2.77. The standard InChI is InChI=1S/C24H34N2O4/c1-4-6-7-8-9-10-15-29-21-16-25-23(24(27)28)22(26-21)19-11-13-20(14-12-19)30-17-18(3)5-2/h11-14,16,18H,4-10,15,17H2,1-3H3,(H,27,28)/t18-/m0/s1. The number of hydrogen-bond donors (Lipinski definition) is 1. The molecular formula is C24H34N2O4. The van der Waals surface area contributed by atoms with Gasteiger partial charge in [-0.25, -0.2) is 14.8 Å². The zero-order valence-corrected chi connectivity index (χ0v) is 18.4. The van der Waals surface area contributed by atoms with Gasteiger partial charge in [0.2, 0.25) is 5.88 Å². The molecule has 0 amide bonds. The smallest absolute Gasteiger partial charge is 0.356 e. The molecule has 2 aromatic rings. The normalized spacial score (nSPS) is 11.8. The third-order valence-corrected chi connectivity index (χ3v) is 5.06. The number of aromatic nitrogens is 2. The van der Waals surface area contributed by atoms with Crippen LogP contribution < -0.4 is 9.47 Å². The topological polar surface area (TPSA) is 81.5 Å². The van der Waals surface area contributed by atoms with E-state index in [4.69, 9.17) is 9.47 Å². The Morgan fingerprint density at radius 2 is 1.73 bits per heavy atom. The first-order valence-electron chi connectivity index (χ1n) is 11.0. The lowest BCUT2D eigenvalue weighted by Crippen LogP contribution is -2.08. The van der Waals surface area contributed by atoms with Crippen LogP contribution in [0.5, 0.6) is 11.6 Å². The highest BCUT2D eigenvalue weighted by Crippen LogP contribution is 2.25. The van der Waals surface area contributed by atoms with E-state index in [9.17, 15) is 9.90 Å². The van der Waals surface area contributed by atoms with Crippen LogP contribution in [0.15, 0.2) is 30.5 Å². The number of ether oxygens (including phenoxy) is 2. The molecule has 0 aliphatic heterocycles. The van der Waals surface area contributed by atoms with Crippen LogP contribution in [0.2, 0.25) is 0 Å². The maximum absolute atomic E-state index is 11.6. The molecule has 1 aromatic heterocycles. The number of aromatic carboxylic acids is 1. The van der Waals surface area contributed by atoms with Gasteiger partial charge in [0.05, 0.1) is 19.4 Å². The Labute approximate surface area is 179 Å². The number of unbranched alkanes of at least 4 members (excludes halogenated alkanes) is 5. The van der Waals surface area contributed by atoms with E-state index >= 15 is 0 Å². The summed E-state index contributed by atoms with van der Waals surface area (Å²) in [5, 5.41) is 9.49.